The van der Waals surface area contributed by atoms with E-state index in [-0.39, 0.29) is 0 Å². The highest BCUT2D eigenvalue weighted by molar-refractivity contribution is 9.09. The molecule has 0 aliphatic carbocycles. The number of ether oxygens (including phenoxy) is 1. The van der Waals surface area contributed by atoms with Gasteiger partial charge in [-0.2, -0.15) is 0 Å². The van der Waals surface area contributed by atoms with E-state index in [2.05, 4.69) is 33.9 Å². The van der Waals surface area contributed by atoms with Crippen molar-refractivity contribution in [3.8, 4) is 5.75 Å². The molecule has 0 fully saturated rings. The molecular weight excluding hydrogens is 302 g/mol. The summed E-state index contributed by atoms with van der Waals surface area (Å²) in [5.41, 5.74) is 2.19. The topological polar surface area (TPSA) is 22.1 Å². The van der Waals surface area contributed by atoms with Gasteiger partial charge in [0.2, 0.25) is 0 Å². The number of halogens is 1. The first-order valence-corrected chi connectivity index (χ1v) is 7.09. The summed E-state index contributed by atoms with van der Waals surface area (Å²) >= 11 is 3.47. The van der Waals surface area contributed by atoms with Crippen LogP contribution in [0.5, 0.6) is 5.75 Å². The van der Waals surface area contributed by atoms with E-state index < -0.39 is 0 Å². The summed E-state index contributed by atoms with van der Waals surface area (Å²) in [6.07, 6.45) is 7.65. The van der Waals surface area contributed by atoms with Gasteiger partial charge >= 0.3 is 0 Å². The van der Waals surface area contributed by atoms with E-state index in [9.17, 15) is 0 Å². The van der Waals surface area contributed by atoms with Crippen molar-refractivity contribution < 1.29 is 4.74 Å². The van der Waals surface area contributed by atoms with Crippen LogP contribution in [0.25, 0.3) is 6.08 Å². The third-order valence-corrected chi connectivity index (χ3v) is 2.84. The maximum Gasteiger partial charge on any atom is 0.138 e. The Labute approximate surface area is 122 Å². The molecule has 0 N–H and O–H groups in total. The molecule has 1 aromatic carbocycles. The summed E-state index contributed by atoms with van der Waals surface area (Å²) in [7, 11) is 0. The highest BCUT2D eigenvalue weighted by Crippen LogP contribution is 2.15. The van der Waals surface area contributed by atoms with Crippen molar-refractivity contribution in [2.75, 3.05) is 0 Å². The molecule has 2 rings (SSSR count). The quantitative estimate of drug-likeness (QED) is 0.760. The van der Waals surface area contributed by atoms with Gasteiger partial charge in [-0.15, -0.1) is 0 Å². The largest absolute Gasteiger partial charge is 0.487 e. The molecule has 3 heteroatoms. The fourth-order valence-corrected chi connectivity index (χ4v) is 1.74. The summed E-state index contributed by atoms with van der Waals surface area (Å²) < 4.78 is 5.73. The van der Waals surface area contributed by atoms with Crippen LogP contribution in [0.2, 0.25) is 0 Å². The van der Waals surface area contributed by atoms with Gasteiger partial charge in [0.05, 0.1) is 6.20 Å². The molecule has 0 radical (unpaired) electrons. The van der Waals surface area contributed by atoms with E-state index in [1.807, 2.05) is 48.7 Å². The molecule has 0 aliphatic rings. The Morgan fingerprint density at radius 2 is 2.05 bits per heavy atom. The molecule has 98 valence electrons. The fourth-order valence-electron chi connectivity index (χ4n) is 1.59. The minimum absolute atomic E-state index is 0.349. The Balaban J connectivity index is 1.99. The molecule has 0 saturated heterocycles. The Kier molecular flexibility index (Phi) is 5.16. The zero-order valence-corrected chi connectivity index (χ0v) is 12.4. The number of hydrogen-bond acceptors (Lipinski definition) is 2. The summed E-state index contributed by atoms with van der Waals surface area (Å²) in [5.74, 6) is 0.785. The normalized spacial score (nSPS) is 12.5. The molecule has 1 unspecified atom stereocenters. The molecule has 1 heterocycles. The molecule has 1 atom stereocenters. The zero-order valence-electron chi connectivity index (χ0n) is 10.8. The monoisotopic (exact) mass is 317 g/mol. The number of hydrogen-bond donors (Lipinski definition) is 0. The van der Waals surface area contributed by atoms with E-state index in [4.69, 9.17) is 4.74 Å². The van der Waals surface area contributed by atoms with Gasteiger partial charge < -0.3 is 4.74 Å². The summed E-state index contributed by atoms with van der Waals surface area (Å²) in [6, 6.07) is 12.1. The number of benzene rings is 1. The predicted octanol–water partition coefficient (Wildman–Crippen LogP) is 4.46. The van der Waals surface area contributed by atoms with E-state index in [0.717, 1.165) is 16.9 Å². The lowest BCUT2D eigenvalue weighted by molar-refractivity contribution is 0.305. The highest BCUT2D eigenvalue weighted by Gasteiger charge is 1.97. The van der Waals surface area contributed by atoms with Crippen LogP contribution < -0.4 is 4.74 Å². The van der Waals surface area contributed by atoms with Crippen molar-refractivity contribution >= 4 is 22.0 Å². The van der Waals surface area contributed by atoms with Crippen molar-refractivity contribution in [2.45, 2.75) is 18.4 Å². The average molecular weight is 318 g/mol. The minimum Gasteiger partial charge on any atom is -0.487 e. The second kappa shape index (κ2) is 7.10. The van der Waals surface area contributed by atoms with Crippen LogP contribution in [-0.2, 0) is 6.61 Å². The lowest BCUT2D eigenvalue weighted by Crippen LogP contribution is -1.95. The lowest BCUT2D eigenvalue weighted by Gasteiger charge is -2.06. The maximum absolute atomic E-state index is 5.73. The fraction of sp³-hybridized carbons (Fsp3) is 0.188. The molecule has 0 amide bonds. The van der Waals surface area contributed by atoms with Crippen LogP contribution in [0.1, 0.15) is 18.1 Å². The number of rotatable bonds is 5. The molecule has 0 spiro atoms. The van der Waals surface area contributed by atoms with Gasteiger partial charge in [0.15, 0.2) is 0 Å². The van der Waals surface area contributed by atoms with Crippen LogP contribution in [-0.4, -0.2) is 9.81 Å². The highest BCUT2D eigenvalue weighted by atomic mass is 79.9. The summed E-state index contributed by atoms with van der Waals surface area (Å²) in [4.78, 5) is 4.53. The van der Waals surface area contributed by atoms with Crippen LogP contribution in [0.3, 0.4) is 0 Å². The smallest absolute Gasteiger partial charge is 0.138 e. The second-order valence-electron chi connectivity index (χ2n) is 4.26. The van der Waals surface area contributed by atoms with Gasteiger partial charge in [-0.25, -0.2) is 0 Å². The number of aromatic nitrogens is 1. The SMILES string of the molecule is CC(Br)C=Cc1cncc(OCc2ccccc2)c1. The average Bonchev–Trinajstić information content (AvgIpc) is 2.44. The van der Waals surface area contributed by atoms with Gasteiger partial charge in [-0.3, -0.25) is 4.98 Å². The summed E-state index contributed by atoms with van der Waals surface area (Å²) in [6.45, 7) is 2.63. The molecule has 2 nitrogen and oxygen atoms in total. The molecule has 2 aromatic rings. The Bertz CT molecular complexity index is 537. The van der Waals surface area contributed by atoms with Crippen LogP contribution >= 0.6 is 15.9 Å². The van der Waals surface area contributed by atoms with Crippen LogP contribution in [0, 0.1) is 0 Å². The Morgan fingerprint density at radius 1 is 1.26 bits per heavy atom. The van der Waals surface area contributed by atoms with Crippen molar-refractivity contribution in [2.24, 2.45) is 0 Å². The van der Waals surface area contributed by atoms with E-state index >= 15 is 0 Å². The van der Waals surface area contributed by atoms with Crippen molar-refractivity contribution in [1.82, 2.24) is 4.98 Å². The lowest BCUT2D eigenvalue weighted by atomic mass is 10.2. The van der Waals surface area contributed by atoms with Crippen LogP contribution in [0.15, 0.2) is 54.9 Å². The first-order valence-electron chi connectivity index (χ1n) is 6.18. The van der Waals surface area contributed by atoms with Gasteiger partial charge in [0.25, 0.3) is 0 Å². The van der Waals surface area contributed by atoms with Crippen molar-refractivity contribution in [1.29, 1.82) is 0 Å². The third-order valence-electron chi connectivity index (χ3n) is 2.54. The van der Waals surface area contributed by atoms with E-state index in [0.29, 0.717) is 11.4 Å². The van der Waals surface area contributed by atoms with Gasteiger partial charge in [0.1, 0.15) is 12.4 Å². The Morgan fingerprint density at radius 3 is 2.79 bits per heavy atom. The molecule has 1 aromatic heterocycles. The minimum atomic E-state index is 0.349. The maximum atomic E-state index is 5.73. The molecule has 0 aliphatic heterocycles. The molecule has 0 bridgehead atoms. The van der Waals surface area contributed by atoms with Gasteiger partial charge in [0, 0.05) is 11.0 Å². The molecule has 19 heavy (non-hydrogen) atoms. The zero-order chi connectivity index (χ0) is 13.5. The number of alkyl halides is 1. The van der Waals surface area contributed by atoms with Crippen molar-refractivity contribution in [3.63, 3.8) is 0 Å². The first kappa shape index (κ1) is 13.8. The standard InChI is InChI=1S/C16H16BrNO/c1-13(17)7-8-15-9-16(11-18-10-15)19-12-14-5-3-2-4-6-14/h2-11,13H,12H2,1H3. The summed E-state index contributed by atoms with van der Waals surface area (Å²) in [5, 5.41) is 0. The predicted molar refractivity (Wildman–Crippen MR) is 82.4 cm³/mol. The second-order valence-corrected chi connectivity index (χ2v) is 5.71. The molecular formula is C16H16BrNO. The Hall–Kier alpha value is -1.61. The van der Waals surface area contributed by atoms with E-state index in [1.165, 1.54) is 0 Å². The number of nitrogens with zero attached hydrogens (tertiary/aromatic N) is 1. The van der Waals surface area contributed by atoms with Crippen molar-refractivity contribution in [3.05, 3.63) is 66.0 Å². The van der Waals surface area contributed by atoms with Gasteiger partial charge in [-0.05, 0) is 24.1 Å². The number of pyridine rings is 1. The van der Waals surface area contributed by atoms with Gasteiger partial charge in [-0.1, -0.05) is 58.4 Å². The third kappa shape index (κ3) is 4.87. The molecule has 0 saturated carbocycles. The first-order chi connectivity index (χ1) is 9.24. The van der Waals surface area contributed by atoms with E-state index in [1.54, 1.807) is 6.20 Å². The number of allylic oxidation sites excluding steroid dienone is 1. The van der Waals surface area contributed by atoms with Crippen LogP contribution in [0.4, 0.5) is 0 Å².